The molecule has 0 atom stereocenters. The van der Waals surface area contributed by atoms with Gasteiger partial charge in [0.15, 0.2) is 0 Å². The summed E-state index contributed by atoms with van der Waals surface area (Å²) in [6, 6.07) is 3.86. The molecule has 0 aromatic carbocycles. The zero-order chi connectivity index (χ0) is 14.1. The lowest BCUT2D eigenvalue weighted by molar-refractivity contribution is -0.128. The van der Waals surface area contributed by atoms with Gasteiger partial charge in [0, 0.05) is 27.1 Å². The number of nitrogens with zero attached hydrogens (tertiary/aromatic N) is 2. The van der Waals surface area contributed by atoms with Crippen LogP contribution in [0.3, 0.4) is 0 Å². The van der Waals surface area contributed by atoms with Crippen molar-refractivity contribution in [2.24, 2.45) is 0 Å². The molecule has 0 unspecified atom stereocenters. The van der Waals surface area contributed by atoms with E-state index in [2.05, 4.69) is 17.2 Å². The SMILES string of the molecule is CCNCc1ccc(OCCCC(=O)N(C)C)cn1. The van der Waals surface area contributed by atoms with Crippen LogP contribution in [0, 0.1) is 0 Å². The van der Waals surface area contributed by atoms with Crippen LogP contribution in [0.2, 0.25) is 0 Å². The zero-order valence-electron chi connectivity index (χ0n) is 12.0. The molecule has 1 rings (SSSR count). The summed E-state index contributed by atoms with van der Waals surface area (Å²) in [4.78, 5) is 17.2. The maximum atomic E-state index is 11.4. The second-order valence-electron chi connectivity index (χ2n) is 4.51. The Kier molecular flexibility index (Phi) is 6.89. The number of hydrogen-bond acceptors (Lipinski definition) is 4. The summed E-state index contributed by atoms with van der Waals surface area (Å²) in [6.45, 7) is 4.30. The van der Waals surface area contributed by atoms with E-state index in [9.17, 15) is 4.79 Å². The number of nitrogens with one attached hydrogen (secondary N) is 1. The lowest BCUT2D eigenvalue weighted by atomic mass is 10.3. The Morgan fingerprint density at radius 3 is 2.79 bits per heavy atom. The molecule has 5 heteroatoms. The predicted molar refractivity (Wildman–Crippen MR) is 75.0 cm³/mol. The van der Waals surface area contributed by atoms with Crippen molar-refractivity contribution >= 4 is 5.91 Å². The third kappa shape index (κ3) is 6.20. The number of ether oxygens (including phenoxy) is 1. The first-order valence-electron chi connectivity index (χ1n) is 6.62. The Morgan fingerprint density at radius 1 is 1.42 bits per heavy atom. The minimum absolute atomic E-state index is 0.128. The highest BCUT2D eigenvalue weighted by Gasteiger charge is 2.03. The first-order valence-corrected chi connectivity index (χ1v) is 6.62. The van der Waals surface area contributed by atoms with Crippen LogP contribution in [0.1, 0.15) is 25.5 Å². The van der Waals surface area contributed by atoms with Gasteiger partial charge in [-0.05, 0) is 25.1 Å². The Morgan fingerprint density at radius 2 is 2.21 bits per heavy atom. The number of carbonyl (C=O) groups is 1. The molecule has 1 aromatic rings. The standard InChI is InChI=1S/C14H23N3O2/c1-4-15-10-12-7-8-13(11-16-12)19-9-5-6-14(18)17(2)3/h7-8,11,15H,4-6,9-10H2,1-3H3. The van der Waals surface area contributed by atoms with Crippen molar-refractivity contribution in [2.75, 3.05) is 27.2 Å². The average Bonchev–Trinajstić information content (AvgIpc) is 2.42. The number of pyridine rings is 1. The van der Waals surface area contributed by atoms with Gasteiger partial charge in [0.1, 0.15) is 5.75 Å². The van der Waals surface area contributed by atoms with E-state index in [1.54, 1.807) is 25.2 Å². The van der Waals surface area contributed by atoms with Gasteiger partial charge in [-0.2, -0.15) is 0 Å². The fraction of sp³-hybridized carbons (Fsp3) is 0.571. The number of hydrogen-bond donors (Lipinski definition) is 1. The summed E-state index contributed by atoms with van der Waals surface area (Å²) in [5, 5.41) is 3.21. The van der Waals surface area contributed by atoms with Gasteiger partial charge < -0.3 is 15.0 Å². The third-order valence-electron chi connectivity index (χ3n) is 2.66. The molecule has 0 fully saturated rings. The summed E-state index contributed by atoms with van der Waals surface area (Å²) in [7, 11) is 3.52. The highest BCUT2D eigenvalue weighted by atomic mass is 16.5. The number of carbonyl (C=O) groups excluding carboxylic acids is 1. The van der Waals surface area contributed by atoms with E-state index < -0.39 is 0 Å². The quantitative estimate of drug-likeness (QED) is 0.723. The summed E-state index contributed by atoms with van der Waals surface area (Å²) in [6.07, 6.45) is 2.95. The van der Waals surface area contributed by atoms with E-state index >= 15 is 0 Å². The van der Waals surface area contributed by atoms with Gasteiger partial charge in [0.2, 0.25) is 5.91 Å². The maximum Gasteiger partial charge on any atom is 0.222 e. The van der Waals surface area contributed by atoms with Gasteiger partial charge in [-0.1, -0.05) is 6.92 Å². The summed E-state index contributed by atoms with van der Waals surface area (Å²) >= 11 is 0. The van der Waals surface area contributed by atoms with Gasteiger partial charge in [0.25, 0.3) is 0 Å². The summed E-state index contributed by atoms with van der Waals surface area (Å²) in [5.41, 5.74) is 0.997. The molecule has 1 heterocycles. The minimum Gasteiger partial charge on any atom is -0.492 e. The van der Waals surface area contributed by atoms with Crippen molar-refractivity contribution in [3.05, 3.63) is 24.0 Å². The van der Waals surface area contributed by atoms with Gasteiger partial charge in [0.05, 0.1) is 18.5 Å². The van der Waals surface area contributed by atoms with E-state index in [4.69, 9.17) is 4.74 Å². The highest BCUT2D eigenvalue weighted by molar-refractivity contribution is 5.75. The van der Waals surface area contributed by atoms with Gasteiger partial charge in [-0.15, -0.1) is 0 Å². The van der Waals surface area contributed by atoms with Crippen LogP contribution in [-0.4, -0.2) is 43.0 Å². The lowest BCUT2D eigenvalue weighted by Crippen LogP contribution is -2.21. The largest absolute Gasteiger partial charge is 0.492 e. The number of aromatic nitrogens is 1. The molecule has 0 bridgehead atoms. The molecule has 1 amide bonds. The molecule has 5 nitrogen and oxygen atoms in total. The molecule has 0 saturated carbocycles. The Bertz CT molecular complexity index is 377. The second-order valence-corrected chi connectivity index (χ2v) is 4.51. The molecular weight excluding hydrogens is 242 g/mol. The maximum absolute atomic E-state index is 11.4. The fourth-order valence-electron chi connectivity index (χ4n) is 1.49. The lowest BCUT2D eigenvalue weighted by Gasteiger charge is -2.10. The molecular formula is C14H23N3O2. The third-order valence-corrected chi connectivity index (χ3v) is 2.66. The van der Waals surface area contributed by atoms with Crippen LogP contribution in [0.4, 0.5) is 0 Å². The van der Waals surface area contributed by atoms with Crippen molar-refractivity contribution in [2.45, 2.75) is 26.3 Å². The Hall–Kier alpha value is -1.62. The van der Waals surface area contributed by atoms with Crippen molar-refractivity contribution in [3.8, 4) is 5.75 Å². The molecule has 0 aliphatic rings. The topological polar surface area (TPSA) is 54.5 Å². The molecule has 106 valence electrons. The van der Waals surface area contributed by atoms with Crippen molar-refractivity contribution in [1.29, 1.82) is 0 Å². The molecule has 1 aromatic heterocycles. The smallest absolute Gasteiger partial charge is 0.222 e. The van der Waals surface area contributed by atoms with Crippen molar-refractivity contribution in [1.82, 2.24) is 15.2 Å². The van der Waals surface area contributed by atoms with Crippen LogP contribution in [0.25, 0.3) is 0 Å². The highest BCUT2D eigenvalue weighted by Crippen LogP contribution is 2.09. The molecule has 0 aliphatic heterocycles. The van der Waals surface area contributed by atoms with E-state index in [1.165, 1.54) is 0 Å². The Labute approximate surface area is 115 Å². The summed E-state index contributed by atoms with van der Waals surface area (Å²) < 4.78 is 5.54. The van der Waals surface area contributed by atoms with Crippen molar-refractivity contribution in [3.63, 3.8) is 0 Å². The molecule has 0 aliphatic carbocycles. The van der Waals surface area contributed by atoms with Crippen LogP contribution in [0.5, 0.6) is 5.75 Å². The van der Waals surface area contributed by atoms with E-state index in [0.29, 0.717) is 13.0 Å². The van der Waals surface area contributed by atoms with Gasteiger partial charge in [-0.25, -0.2) is 0 Å². The molecule has 1 N–H and O–H groups in total. The minimum atomic E-state index is 0.128. The number of rotatable bonds is 8. The van der Waals surface area contributed by atoms with Gasteiger partial charge >= 0.3 is 0 Å². The van der Waals surface area contributed by atoms with E-state index in [0.717, 1.165) is 31.0 Å². The normalized spacial score (nSPS) is 10.3. The monoisotopic (exact) mass is 265 g/mol. The molecule has 19 heavy (non-hydrogen) atoms. The van der Waals surface area contributed by atoms with E-state index in [1.807, 2.05) is 12.1 Å². The molecule has 0 radical (unpaired) electrons. The van der Waals surface area contributed by atoms with E-state index in [-0.39, 0.29) is 5.91 Å². The summed E-state index contributed by atoms with van der Waals surface area (Å²) in [5.74, 6) is 0.875. The fourth-order valence-corrected chi connectivity index (χ4v) is 1.49. The van der Waals surface area contributed by atoms with Crippen LogP contribution >= 0.6 is 0 Å². The van der Waals surface area contributed by atoms with Crippen LogP contribution in [-0.2, 0) is 11.3 Å². The number of amides is 1. The predicted octanol–water partition coefficient (Wildman–Crippen LogP) is 1.44. The Balaban J connectivity index is 2.24. The van der Waals surface area contributed by atoms with Crippen LogP contribution in [0.15, 0.2) is 18.3 Å². The molecule has 0 saturated heterocycles. The molecule has 0 spiro atoms. The zero-order valence-corrected chi connectivity index (χ0v) is 12.0. The first-order chi connectivity index (χ1) is 9.13. The second kappa shape index (κ2) is 8.48. The van der Waals surface area contributed by atoms with Crippen LogP contribution < -0.4 is 10.1 Å². The van der Waals surface area contributed by atoms with Gasteiger partial charge in [-0.3, -0.25) is 9.78 Å². The van der Waals surface area contributed by atoms with Crippen molar-refractivity contribution < 1.29 is 9.53 Å². The first kappa shape index (κ1) is 15.4. The average molecular weight is 265 g/mol.